The maximum atomic E-state index is 11.4. The van der Waals surface area contributed by atoms with Gasteiger partial charge in [-0.15, -0.1) is 0 Å². The van der Waals surface area contributed by atoms with Crippen molar-refractivity contribution in [3.63, 3.8) is 0 Å². The summed E-state index contributed by atoms with van der Waals surface area (Å²) in [4.78, 5) is 12.9. The lowest BCUT2D eigenvalue weighted by molar-refractivity contribution is -0.129. The molecule has 0 fully saturated rings. The fourth-order valence-corrected chi connectivity index (χ4v) is 1.63. The molecule has 0 saturated heterocycles. The Morgan fingerprint density at radius 2 is 1.88 bits per heavy atom. The van der Waals surface area contributed by atoms with Crippen LogP contribution in [-0.4, -0.2) is 30.0 Å². The lowest BCUT2D eigenvalue weighted by Gasteiger charge is -2.14. The van der Waals surface area contributed by atoms with Gasteiger partial charge in [0, 0.05) is 20.5 Å². The zero-order valence-electron chi connectivity index (χ0n) is 10.8. The Balaban J connectivity index is 2.51. The molecule has 0 aliphatic carbocycles. The van der Waals surface area contributed by atoms with Gasteiger partial charge >= 0.3 is 0 Å². The van der Waals surface area contributed by atoms with E-state index in [4.69, 9.17) is 0 Å². The first-order valence-electron chi connectivity index (χ1n) is 6.01. The molecule has 0 spiro atoms. The molecular weight excluding hydrogens is 214 g/mol. The zero-order valence-corrected chi connectivity index (χ0v) is 10.8. The quantitative estimate of drug-likeness (QED) is 0.849. The van der Waals surface area contributed by atoms with Gasteiger partial charge < -0.3 is 10.0 Å². The summed E-state index contributed by atoms with van der Waals surface area (Å²) in [5, 5.41) is 9.94. The number of aryl methyl sites for hydroxylation is 1. The highest BCUT2D eigenvalue weighted by atomic mass is 16.3. The van der Waals surface area contributed by atoms with Crippen molar-refractivity contribution in [3.8, 4) is 0 Å². The summed E-state index contributed by atoms with van der Waals surface area (Å²) in [6.45, 7) is 2.10. The number of hydrogen-bond acceptors (Lipinski definition) is 2. The largest absolute Gasteiger partial charge is 0.388 e. The SMILES string of the molecule is CCc1ccc(C(O)CCC(=O)N(C)C)cc1. The number of aliphatic hydroxyl groups is 1. The molecule has 1 atom stereocenters. The van der Waals surface area contributed by atoms with Gasteiger partial charge in [0.1, 0.15) is 0 Å². The number of hydrogen-bond donors (Lipinski definition) is 1. The summed E-state index contributed by atoms with van der Waals surface area (Å²) in [5.41, 5.74) is 2.14. The van der Waals surface area contributed by atoms with Crippen LogP contribution in [0.15, 0.2) is 24.3 Å². The number of rotatable bonds is 5. The van der Waals surface area contributed by atoms with Crippen molar-refractivity contribution in [2.45, 2.75) is 32.3 Å². The molecule has 0 aliphatic heterocycles. The molecule has 1 aromatic carbocycles. The second-order valence-electron chi connectivity index (χ2n) is 4.44. The normalized spacial score (nSPS) is 12.2. The highest BCUT2D eigenvalue weighted by Crippen LogP contribution is 2.19. The molecule has 0 aromatic heterocycles. The van der Waals surface area contributed by atoms with Gasteiger partial charge in [-0.1, -0.05) is 31.2 Å². The van der Waals surface area contributed by atoms with Crippen LogP contribution in [0.5, 0.6) is 0 Å². The molecule has 17 heavy (non-hydrogen) atoms. The van der Waals surface area contributed by atoms with E-state index in [2.05, 4.69) is 6.92 Å². The van der Waals surface area contributed by atoms with Crippen LogP contribution in [0, 0.1) is 0 Å². The topological polar surface area (TPSA) is 40.5 Å². The van der Waals surface area contributed by atoms with Crippen LogP contribution in [0.4, 0.5) is 0 Å². The molecule has 0 bridgehead atoms. The number of carbonyl (C=O) groups excluding carboxylic acids is 1. The third-order valence-electron chi connectivity index (χ3n) is 2.90. The highest BCUT2D eigenvalue weighted by Gasteiger charge is 2.11. The van der Waals surface area contributed by atoms with Crippen molar-refractivity contribution < 1.29 is 9.90 Å². The second kappa shape index (κ2) is 6.40. The summed E-state index contributed by atoms with van der Waals surface area (Å²) in [6.07, 6.45) is 1.30. The van der Waals surface area contributed by atoms with Crippen LogP contribution in [0.3, 0.4) is 0 Å². The monoisotopic (exact) mass is 235 g/mol. The van der Waals surface area contributed by atoms with Gasteiger partial charge in [-0.3, -0.25) is 4.79 Å². The minimum atomic E-state index is -0.551. The molecule has 0 heterocycles. The number of benzene rings is 1. The van der Waals surface area contributed by atoms with E-state index in [0.29, 0.717) is 12.8 Å². The van der Waals surface area contributed by atoms with Crippen LogP contribution in [0.1, 0.15) is 37.0 Å². The molecule has 3 heteroatoms. The molecular formula is C14H21NO2. The fraction of sp³-hybridized carbons (Fsp3) is 0.500. The zero-order chi connectivity index (χ0) is 12.8. The van der Waals surface area contributed by atoms with E-state index in [-0.39, 0.29) is 5.91 Å². The van der Waals surface area contributed by atoms with Crippen LogP contribution in [0.25, 0.3) is 0 Å². The first-order chi connectivity index (χ1) is 8.04. The maximum Gasteiger partial charge on any atom is 0.222 e. The van der Waals surface area contributed by atoms with Crippen molar-refractivity contribution in [1.29, 1.82) is 0 Å². The van der Waals surface area contributed by atoms with Gasteiger partial charge in [0.25, 0.3) is 0 Å². The van der Waals surface area contributed by atoms with Crippen molar-refractivity contribution in [3.05, 3.63) is 35.4 Å². The standard InChI is InChI=1S/C14H21NO2/c1-4-11-5-7-12(8-6-11)13(16)9-10-14(17)15(2)3/h5-8,13,16H,4,9-10H2,1-3H3. The highest BCUT2D eigenvalue weighted by molar-refractivity contribution is 5.75. The van der Waals surface area contributed by atoms with Gasteiger partial charge in [-0.05, 0) is 24.0 Å². The third kappa shape index (κ3) is 4.19. The number of nitrogens with zero attached hydrogens (tertiary/aromatic N) is 1. The Kier molecular flexibility index (Phi) is 5.16. The number of aliphatic hydroxyl groups excluding tert-OH is 1. The van der Waals surface area contributed by atoms with Crippen LogP contribution in [0.2, 0.25) is 0 Å². The summed E-state index contributed by atoms with van der Waals surface area (Å²) in [6, 6.07) is 7.91. The molecule has 0 saturated carbocycles. The first kappa shape index (κ1) is 13.7. The molecule has 1 aromatic rings. The lowest BCUT2D eigenvalue weighted by Crippen LogP contribution is -2.21. The van der Waals surface area contributed by atoms with Gasteiger partial charge in [-0.25, -0.2) is 0 Å². The Morgan fingerprint density at radius 3 is 2.35 bits per heavy atom. The first-order valence-corrected chi connectivity index (χ1v) is 6.01. The number of amides is 1. The average molecular weight is 235 g/mol. The third-order valence-corrected chi connectivity index (χ3v) is 2.90. The van der Waals surface area contributed by atoms with Crippen molar-refractivity contribution >= 4 is 5.91 Å². The Labute approximate surface area is 103 Å². The van der Waals surface area contributed by atoms with Crippen LogP contribution >= 0.6 is 0 Å². The van der Waals surface area contributed by atoms with E-state index < -0.39 is 6.10 Å². The predicted octanol–water partition coefficient (Wildman–Crippen LogP) is 2.15. The Morgan fingerprint density at radius 1 is 1.29 bits per heavy atom. The van der Waals surface area contributed by atoms with E-state index in [9.17, 15) is 9.90 Å². The fourth-order valence-electron chi connectivity index (χ4n) is 1.63. The van der Waals surface area contributed by atoms with E-state index in [1.807, 2.05) is 24.3 Å². The lowest BCUT2D eigenvalue weighted by atomic mass is 10.0. The molecule has 1 N–H and O–H groups in total. The molecule has 1 rings (SSSR count). The Hall–Kier alpha value is -1.35. The van der Waals surface area contributed by atoms with Crippen molar-refractivity contribution in [2.24, 2.45) is 0 Å². The molecule has 0 radical (unpaired) electrons. The molecule has 0 aliphatic rings. The van der Waals surface area contributed by atoms with Crippen LogP contribution in [-0.2, 0) is 11.2 Å². The van der Waals surface area contributed by atoms with Gasteiger partial charge in [0.15, 0.2) is 0 Å². The van der Waals surface area contributed by atoms with E-state index in [1.54, 1.807) is 19.0 Å². The van der Waals surface area contributed by atoms with E-state index in [0.717, 1.165) is 12.0 Å². The number of carbonyl (C=O) groups is 1. The molecule has 1 amide bonds. The summed E-state index contributed by atoms with van der Waals surface area (Å²) in [7, 11) is 3.45. The van der Waals surface area contributed by atoms with Gasteiger partial charge in [-0.2, -0.15) is 0 Å². The summed E-state index contributed by atoms with van der Waals surface area (Å²) >= 11 is 0. The van der Waals surface area contributed by atoms with Crippen molar-refractivity contribution in [2.75, 3.05) is 14.1 Å². The average Bonchev–Trinajstić information content (AvgIpc) is 2.35. The van der Waals surface area contributed by atoms with Gasteiger partial charge in [0.05, 0.1) is 6.10 Å². The Bertz CT molecular complexity index is 357. The van der Waals surface area contributed by atoms with E-state index >= 15 is 0 Å². The van der Waals surface area contributed by atoms with E-state index in [1.165, 1.54) is 5.56 Å². The molecule has 1 unspecified atom stereocenters. The summed E-state index contributed by atoms with van der Waals surface area (Å²) in [5.74, 6) is 0.0502. The smallest absolute Gasteiger partial charge is 0.222 e. The minimum Gasteiger partial charge on any atom is -0.388 e. The maximum absolute atomic E-state index is 11.4. The predicted molar refractivity (Wildman–Crippen MR) is 68.7 cm³/mol. The van der Waals surface area contributed by atoms with Gasteiger partial charge in [0.2, 0.25) is 5.91 Å². The molecule has 94 valence electrons. The molecule has 3 nitrogen and oxygen atoms in total. The van der Waals surface area contributed by atoms with Crippen molar-refractivity contribution in [1.82, 2.24) is 4.90 Å². The second-order valence-corrected chi connectivity index (χ2v) is 4.44. The van der Waals surface area contributed by atoms with Crippen LogP contribution < -0.4 is 0 Å². The minimum absolute atomic E-state index is 0.0502. The summed E-state index contributed by atoms with van der Waals surface area (Å²) < 4.78 is 0.